The van der Waals surface area contributed by atoms with Gasteiger partial charge in [0.25, 0.3) is 0 Å². The number of carboxylic acids is 1. The Balaban J connectivity index is 4.15. The molecule has 0 rings (SSSR count). The predicted octanol–water partition coefficient (Wildman–Crippen LogP) is 1.77. The second-order valence-electron chi connectivity index (χ2n) is 3.59. The zero-order valence-electron chi connectivity index (χ0n) is 7.75. The van der Waals surface area contributed by atoms with Gasteiger partial charge in [-0.05, 0) is 6.92 Å². The van der Waals surface area contributed by atoms with E-state index >= 15 is 0 Å². The van der Waals surface area contributed by atoms with E-state index < -0.39 is 11.9 Å². The molecule has 0 aromatic heterocycles. The zero-order chi connectivity index (χ0) is 9.94. The molecule has 0 radical (unpaired) electrons. The molecule has 0 spiro atoms. The van der Waals surface area contributed by atoms with Crippen molar-refractivity contribution in [3.8, 4) is 0 Å². The number of aliphatic carboxylic acids is 1. The number of carboxylic acid groups (broad SMARTS) is 1. The van der Waals surface area contributed by atoms with Crippen LogP contribution in [0.4, 0.5) is 0 Å². The van der Waals surface area contributed by atoms with Crippen molar-refractivity contribution >= 4 is 22.8 Å². The maximum atomic E-state index is 11.2. The summed E-state index contributed by atoms with van der Waals surface area (Å²) >= 11 is 1.07. The van der Waals surface area contributed by atoms with E-state index in [1.807, 2.05) is 20.8 Å². The van der Waals surface area contributed by atoms with Crippen molar-refractivity contribution in [2.24, 2.45) is 5.92 Å². The molecule has 0 amide bonds. The highest BCUT2D eigenvalue weighted by Gasteiger charge is 2.25. The Labute approximate surface area is 76.5 Å². The van der Waals surface area contributed by atoms with Crippen molar-refractivity contribution < 1.29 is 14.7 Å². The molecule has 1 atom stereocenters. The van der Waals surface area contributed by atoms with E-state index in [-0.39, 0.29) is 9.86 Å². The van der Waals surface area contributed by atoms with E-state index in [9.17, 15) is 9.59 Å². The summed E-state index contributed by atoms with van der Waals surface area (Å²) in [5.74, 6) is -1.97. The topological polar surface area (TPSA) is 54.4 Å². The van der Waals surface area contributed by atoms with Crippen molar-refractivity contribution in [3.63, 3.8) is 0 Å². The first-order valence-corrected chi connectivity index (χ1v) is 4.51. The molecule has 0 aromatic carbocycles. The fraction of sp³-hybridized carbons (Fsp3) is 0.750. The molecule has 0 aliphatic rings. The lowest BCUT2D eigenvalue weighted by Crippen LogP contribution is -2.22. The van der Waals surface area contributed by atoms with Gasteiger partial charge in [-0.3, -0.25) is 9.59 Å². The summed E-state index contributed by atoms with van der Waals surface area (Å²) in [6.07, 6.45) is 0. The Morgan fingerprint density at radius 1 is 1.33 bits per heavy atom. The number of carbonyl (C=O) groups is 2. The average molecular weight is 190 g/mol. The molecule has 0 bridgehead atoms. The molecule has 0 saturated carbocycles. The smallest absolute Gasteiger partial charge is 0.314 e. The summed E-state index contributed by atoms with van der Waals surface area (Å²) in [5.41, 5.74) is 0. The van der Waals surface area contributed by atoms with E-state index in [1.165, 1.54) is 6.92 Å². The minimum Gasteiger partial charge on any atom is -0.481 e. The lowest BCUT2D eigenvalue weighted by molar-refractivity contribution is -0.143. The van der Waals surface area contributed by atoms with Crippen LogP contribution in [0.1, 0.15) is 27.7 Å². The van der Waals surface area contributed by atoms with Gasteiger partial charge in [0.15, 0.2) is 0 Å². The average Bonchev–Trinajstić information content (AvgIpc) is 1.82. The Morgan fingerprint density at radius 2 is 1.75 bits per heavy atom. The van der Waals surface area contributed by atoms with Gasteiger partial charge in [0, 0.05) is 4.75 Å². The van der Waals surface area contributed by atoms with Gasteiger partial charge in [0.1, 0.15) is 5.92 Å². The van der Waals surface area contributed by atoms with Crippen LogP contribution in [0.25, 0.3) is 0 Å². The van der Waals surface area contributed by atoms with Crippen LogP contribution in [0, 0.1) is 5.92 Å². The Bertz CT molecular complexity index is 193. The molecule has 0 aliphatic heterocycles. The highest BCUT2D eigenvalue weighted by atomic mass is 32.2. The van der Waals surface area contributed by atoms with Crippen molar-refractivity contribution in [2.45, 2.75) is 32.4 Å². The quantitative estimate of drug-likeness (QED) is 0.674. The lowest BCUT2D eigenvalue weighted by atomic mass is 10.2. The summed E-state index contributed by atoms with van der Waals surface area (Å²) in [7, 11) is 0. The second-order valence-corrected chi connectivity index (χ2v) is 5.42. The van der Waals surface area contributed by atoms with Crippen molar-refractivity contribution in [1.29, 1.82) is 0 Å². The largest absolute Gasteiger partial charge is 0.481 e. The first kappa shape index (κ1) is 11.5. The molecule has 1 N–H and O–H groups in total. The summed E-state index contributed by atoms with van der Waals surface area (Å²) in [4.78, 5) is 21.6. The first-order chi connectivity index (χ1) is 5.24. The number of rotatable bonds is 2. The Hall–Kier alpha value is -0.510. The van der Waals surface area contributed by atoms with Crippen LogP contribution < -0.4 is 0 Å². The molecule has 0 aliphatic carbocycles. The molecule has 12 heavy (non-hydrogen) atoms. The molecule has 0 heterocycles. The van der Waals surface area contributed by atoms with Gasteiger partial charge in [-0.25, -0.2) is 0 Å². The molecule has 0 fully saturated rings. The number of hydrogen-bond acceptors (Lipinski definition) is 3. The predicted molar refractivity (Wildman–Crippen MR) is 49.2 cm³/mol. The highest BCUT2D eigenvalue weighted by molar-refractivity contribution is 8.14. The van der Waals surface area contributed by atoms with E-state index in [2.05, 4.69) is 0 Å². The van der Waals surface area contributed by atoms with Crippen LogP contribution in [0.2, 0.25) is 0 Å². The summed E-state index contributed by atoms with van der Waals surface area (Å²) in [6.45, 7) is 7.04. The molecule has 0 unspecified atom stereocenters. The zero-order valence-corrected chi connectivity index (χ0v) is 8.57. The minimum absolute atomic E-state index is 0.208. The molecule has 4 heteroatoms. The number of carbonyl (C=O) groups excluding carboxylic acids is 1. The summed E-state index contributed by atoms with van der Waals surface area (Å²) < 4.78 is -0.208. The fourth-order valence-electron chi connectivity index (χ4n) is 0.491. The van der Waals surface area contributed by atoms with Crippen molar-refractivity contribution in [3.05, 3.63) is 0 Å². The molecule has 70 valence electrons. The molecule has 3 nitrogen and oxygen atoms in total. The van der Waals surface area contributed by atoms with Gasteiger partial charge < -0.3 is 5.11 Å². The Morgan fingerprint density at radius 3 is 2.00 bits per heavy atom. The van der Waals surface area contributed by atoms with Gasteiger partial charge in [-0.1, -0.05) is 32.5 Å². The third kappa shape index (κ3) is 4.38. The third-order valence-corrected chi connectivity index (χ3v) is 2.30. The van der Waals surface area contributed by atoms with E-state index in [0.29, 0.717) is 0 Å². The number of hydrogen-bond donors (Lipinski definition) is 1. The van der Waals surface area contributed by atoms with Gasteiger partial charge in [-0.2, -0.15) is 0 Å². The SMILES string of the molecule is C[C@H](C(=O)O)C(=O)SC(C)(C)C. The standard InChI is InChI=1S/C8H14O3S/c1-5(6(9)10)7(11)12-8(2,3)4/h5H,1-4H3,(H,9,10)/t5-/m1/s1. The normalized spacial score (nSPS) is 14.0. The van der Waals surface area contributed by atoms with E-state index in [4.69, 9.17) is 5.11 Å². The van der Waals surface area contributed by atoms with Crippen LogP contribution >= 0.6 is 11.8 Å². The highest BCUT2D eigenvalue weighted by Crippen LogP contribution is 2.26. The number of thioether (sulfide) groups is 1. The molecular formula is C8H14O3S. The fourth-order valence-corrected chi connectivity index (χ4v) is 1.37. The maximum absolute atomic E-state index is 11.2. The summed E-state index contributed by atoms with van der Waals surface area (Å²) in [6, 6.07) is 0. The van der Waals surface area contributed by atoms with Gasteiger partial charge >= 0.3 is 5.97 Å². The Kier molecular flexibility index (Phi) is 3.77. The summed E-state index contributed by atoms with van der Waals surface area (Å²) in [5, 5.41) is 8.23. The van der Waals surface area contributed by atoms with Crippen LogP contribution in [0.3, 0.4) is 0 Å². The van der Waals surface area contributed by atoms with Crippen LogP contribution in [-0.2, 0) is 9.59 Å². The van der Waals surface area contributed by atoms with Gasteiger partial charge in [0.05, 0.1) is 0 Å². The molecule has 0 aromatic rings. The van der Waals surface area contributed by atoms with Gasteiger partial charge in [0.2, 0.25) is 5.12 Å². The van der Waals surface area contributed by atoms with Crippen molar-refractivity contribution in [2.75, 3.05) is 0 Å². The van der Waals surface area contributed by atoms with E-state index in [0.717, 1.165) is 11.8 Å². The van der Waals surface area contributed by atoms with Crippen molar-refractivity contribution in [1.82, 2.24) is 0 Å². The first-order valence-electron chi connectivity index (χ1n) is 3.69. The minimum atomic E-state index is -1.06. The lowest BCUT2D eigenvalue weighted by Gasteiger charge is -2.17. The third-order valence-electron chi connectivity index (χ3n) is 1.13. The second kappa shape index (κ2) is 3.94. The van der Waals surface area contributed by atoms with Gasteiger partial charge in [-0.15, -0.1) is 0 Å². The molecular weight excluding hydrogens is 176 g/mol. The van der Waals surface area contributed by atoms with Crippen LogP contribution in [0.5, 0.6) is 0 Å². The molecule has 0 saturated heterocycles. The maximum Gasteiger partial charge on any atom is 0.314 e. The van der Waals surface area contributed by atoms with Crippen LogP contribution in [-0.4, -0.2) is 20.9 Å². The van der Waals surface area contributed by atoms with E-state index in [1.54, 1.807) is 0 Å². The van der Waals surface area contributed by atoms with Crippen LogP contribution in [0.15, 0.2) is 0 Å². The monoisotopic (exact) mass is 190 g/mol.